The molecule has 0 bridgehead atoms. The number of hydrogen-bond acceptors (Lipinski definition) is 5. The van der Waals surface area contributed by atoms with E-state index in [0.29, 0.717) is 28.8 Å². The van der Waals surface area contributed by atoms with Gasteiger partial charge in [0.2, 0.25) is 0 Å². The molecule has 7 nitrogen and oxygen atoms in total. The molecule has 32 heavy (non-hydrogen) atoms. The molecule has 0 unspecified atom stereocenters. The largest absolute Gasteiger partial charge is 0.496 e. The van der Waals surface area contributed by atoms with Crippen LogP contribution in [0.4, 0.5) is 5.69 Å². The average Bonchev–Trinajstić information content (AvgIpc) is 2.77. The van der Waals surface area contributed by atoms with Crippen LogP contribution in [0, 0.1) is 0 Å². The van der Waals surface area contributed by atoms with Gasteiger partial charge < -0.3 is 25.0 Å². The lowest BCUT2D eigenvalue weighted by Gasteiger charge is -2.18. The number of benzene rings is 2. The van der Waals surface area contributed by atoms with Crippen molar-refractivity contribution in [3.63, 3.8) is 0 Å². The highest BCUT2D eigenvalue weighted by Gasteiger charge is 2.17. The molecule has 0 atom stereocenters. The molecule has 0 saturated carbocycles. The normalized spacial score (nSPS) is 10.3. The molecule has 0 fully saturated rings. The summed E-state index contributed by atoms with van der Waals surface area (Å²) >= 11 is 12.3. The number of likely N-dealkylation sites (N-methyl/N-ethyl adjacent to an activating group) is 1. The minimum absolute atomic E-state index is 0. The molecule has 2 aromatic carbocycles. The smallest absolute Gasteiger partial charge is 0.262 e. The number of hydrogen-bond donors (Lipinski definition) is 2. The molecule has 2 aromatic rings. The summed E-state index contributed by atoms with van der Waals surface area (Å²) < 4.78 is 10.8. The van der Waals surface area contributed by atoms with Gasteiger partial charge in [0, 0.05) is 19.2 Å². The van der Waals surface area contributed by atoms with Gasteiger partial charge in [-0.2, -0.15) is 0 Å². The summed E-state index contributed by atoms with van der Waals surface area (Å²) in [5.74, 6) is -0.0297. The second-order valence-electron chi connectivity index (χ2n) is 6.58. The topological polar surface area (TPSA) is 79.9 Å². The van der Waals surface area contributed by atoms with Crippen molar-refractivity contribution in [2.45, 2.75) is 13.8 Å². The molecule has 0 spiro atoms. The predicted octanol–water partition coefficient (Wildman–Crippen LogP) is 4.51. The average molecular weight is 505 g/mol. The molecule has 0 aliphatic rings. The van der Waals surface area contributed by atoms with Gasteiger partial charge in [-0.15, -0.1) is 12.4 Å². The number of amides is 2. The number of rotatable bonds is 11. The number of methoxy groups -OCH3 is 1. The van der Waals surface area contributed by atoms with Crippen LogP contribution in [0.2, 0.25) is 10.0 Å². The molecule has 10 heteroatoms. The Bertz CT molecular complexity index is 908. The second-order valence-corrected chi connectivity index (χ2v) is 7.40. The molecule has 0 saturated heterocycles. The summed E-state index contributed by atoms with van der Waals surface area (Å²) in [5, 5.41) is 6.14. The van der Waals surface area contributed by atoms with Crippen molar-refractivity contribution in [2.24, 2.45) is 0 Å². The molecular formula is C22H28Cl3N3O4. The first-order chi connectivity index (χ1) is 14.9. The fourth-order valence-corrected chi connectivity index (χ4v) is 3.25. The van der Waals surface area contributed by atoms with Gasteiger partial charge in [0.15, 0.2) is 6.61 Å². The Morgan fingerprint density at radius 2 is 1.72 bits per heavy atom. The van der Waals surface area contributed by atoms with Crippen LogP contribution in [0.5, 0.6) is 11.5 Å². The Hall–Kier alpha value is -2.19. The molecule has 0 aromatic heterocycles. The van der Waals surface area contributed by atoms with Crippen molar-refractivity contribution < 1.29 is 19.1 Å². The maximum absolute atomic E-state index is 12.6. The van der Waals surface area contributed by atoms with Crippen molar-refractivity contribution in [1.29, 1.82) is 0 Å². The first-order valence-corrected chi connectivity index (χ1v) is 10.7. The van der Waals surface area contributed by atoms with Crippen LogP contribution < -0.4 is 20.1 Å². The first-order valence-electron chi connectivity index (χ1n) is 9.94. The van der Waals surface area contributed by atoms with E-state index in [4.69, 9.17) is 32.7 Å². The quantitative estimate of drug-likeness (QED) is 0.471. The van der Waals surface area contributed by atoms with Crippen LogP contribution in [0.3, 0.4) is 0 Å². The molecule has 0 heterocycles. The van der Waals surface area contributed by atoms with Crippen LogP contribution in [-0.2, 0) is 4.79 Å². The van der Waals surface area contributed by atoms with Gasteiger partial charge in [0.25, 0.3) is 11.8 Å². The van der Waals surface area contributed by atoms with Gasteiger partial charge in [-0.1, -0.05) is 49.2 Å². The number of anilines is 1. The van der Waals surface area contributed by atoms with E-state index < -0.39 is 5.91 Å². The van der Waals surface area contributed by atoms with E-state index in [1.54, 1.807) is 24.3 Å². The number of para-hydroxylation sites is 1. The summed E-state index contributed by atoms with van der Waals surface area (Å²) in [4.78, 5) is 27.0. The van der Waals surface area contributed by atoms with Gasteiger partial charge in [-0.25, -0.2) is 0 Å². The highest BCUT2D eigenvalue weighted by atomic mass is 35.5. The Balaban J connectivity index is 0.00000512. The number of nitrogens with one attached hydrogen (secondary N) is 2. The van der Waals surface area contributed by atoms with Crippen LogP contribution in [0.15, 0.2) is 36.4 Å². The number of ether oxygens (including phenoxy) is 2. The molecule has 0 aliphatic heterocycles. The van der Waals surface area contributed by atoms with Gasteiger partial charge >= 0.3 is 0 Å². The first kappa shape index (κ1) is 27.8. The molecule has 2 N–H and O–H groups in total. The zero-order valence-electron chi connectivity index (χ0n) is 18.2. The summed E-state index contributed by atoms with van der Waals surface area (Å²) in [5.41, 5.74) is 0.600. The number of carbonyl (C=O) groups excluding carboxylic acids is 2. The maximum atomic E-state index is 12.6. The van der Waals surface area contributed by atoms with E-state index in [9.17, 15) is 9.59 Å². The molecule has 2 amide bonds. The number of halogens is 3. The highest BCUT2D eigenvalue weighted by molar-refractivity contribution is 6.34. The summed E-state index contributed by atoms with van der Waals surface area (Å²) in [6.07, 6.45) is 0. The third-order valence-electron chi connectivity index (χ3n) is 4.61. The number of nitrogens with zero attached hydrogens (tertiary/aromatic N) is 1. The van der Waals surface area contributed by atoms with Gasteiger partial charge in [-0.3, -0.25) is 9.59 Å². The van der Waals surface area contributed by atoms with E-state index >= 15 is 0 Å². The Morgan fingerprint density at radius 1 is 1.03 bits per heavy atom. The van der Waals surface area contributed by atoms with E-state index in [-0.39, 0.29) is 35.5 Å². The standard InChI is InChI=1S/C22H27Cl2N3O4.ClH/c1-4-27(5-2)11-10-25-22(29)15-12-17(24)18(13-20(15)30-3)26-21(28)14-31-19-9-7-6-8-16(19)23;/h6-9,12-13H,4-5,10-11,14H2,1-3H3,(H,25,29)(H,26,28);1H. The monoisotopic (exact) mass is 503 g/mol. The zero-order chi connectivity index (χ0) is 22.8. The van der Waals surface area contributed by atoms with Crippen molar-refractivity contribution in [1.82, 2.24) is 10.2 Å². The highest BCUT2D eigenvalue weighted by Crippen LogP contribution is 2.31. The predicted molar refractivity (Wildman–Crippen MR) is 131 cm³/mol. The van der Waals surface area contributed by atoms with E-state index in [0.717, 1.165) is 19.6 Å². The van der Waals surface area contributed by atoms with Gasteiger partial charge in [0.05, 0.1) is 28.4 Å². The molecule has 0 radical (unpaired) electrons. The van der Waals surface area contributed by atoms with Crippen LogP contribution >= 0.6 is 35.6 Å². The number of carbonyl (C=O) groups is 2. The third kappa shape index (κ3) is 8.06. The van der Waals surface area contributed by atoms with Crippen molar-refractivity contribution in [3.8, 4) is 11.5 Å². The Kier molecular flexibility index (Phi) is 12.2. The zero-order valence-corrected chi connectivity index (χ0v) is 20.6. The Morgan fingerprint density at radius 3 is 2.34 bits per heavy atom. The maximum Gasteiger partial charge on any atom is 0.262 e. The van der Waals surface area contributed by atoms with Crippen molar-refractivity contribution in [2.75, 3.05) is 45.2 Å². The molecular weight excluding hydrogens is 477 g/mol. The SMILES string of the molecule is CCN(CC)CCNC(=O)c1cc(Cl)c(NC(=O)COc2ccccc2Cl)cc1OC.Cl. The fourth-order valence-electron chi connectivity index (χ4n) is 2.85. The van der Waals surface area contributed by atoms with Crippen molar-refractivity contribution >= 4 is 53.1 Å². The molecule has 2 rings (SSSR count). The van der Waals surface area contributed by atoms with Gasteiger partial charge in [0.1, 0.15) is 11.5 Å². The lowest BCUT2D eigenvalue weighted by molar-refractivity contribution is -0.118. The van der Waals surface area contributed by atoms with E-state index in [2.05, 4.69) is 29.4 Å². The van der Waals surface area contributed by atoms with Crippen molar-refractivity contribution in [3.05, 3.63) is 52.0 Å². The van der Waals surface area contributed by atoms with Crippen LogP contribution in [-0.4, -0.2) is 56.6 Å². The van der Waals surface area contributed by atoms with Crippen LogP contribution in [0.25, 0.3) is 0 Å². The molecule has 0 aliphatic carbocycles. The summed E-state index contributed by atoms with van der Waals surface area (Å²) in [6.45, 7) is 6.96. The minimum atomic E-state index is -0.430. The second kappa shape index (κ2) is 14.1. The minimum Gasteiger partial charge on any atom is -0.496 e. The third-order valence-corrected chi connectivity index (χ3v) is 5.24. The van der Waals surface area contributed by atoms with E-state index in [1.807, 2.05) is 0 Å². The summed E-state index contributed by atoms with van der Waals surface area (Å²) in [7, 11) is 1.45. The van der Waals surface area contributed by atoms with E-state index in [1.165, 1.54) is 19.2 Å². The van der Waals surface area contributed by atoms with Gasteiger partial charge in [-0.05, 0) is 31.3 Å². The lowest BCUT2D eigenvalue weighted by Crippen LogP contribution is -2.35. The fraction of sp³-hybridized carbons (Fsp3) is 0.364. The lowest BCUT2D eigenvalue weighted by atomic mass is 10.1. The Labute approximate surface area is 204 Å². The van der Waals surface area contributed by atoms with Crippen LogP contribution in [0.1, 0.15) is 24.2 Å². The molecule has 176 valence electrons. The summed E-state index contributed by atoms with van der Waals surface area (Å²) in [6, 6.07) is 9.84.